The third-order valence-electron chi connectivity index (χ3n) is 4.09. The van der Waals surface area contributed by atoms with Crippen LogP contribution in [0.5, 0.6) is 0 Å². The van der Waals surface area contributed by atoms with Gasteiger partial charge in [0.05, 0.1) is 17.6 Å². The standard InChI is InChI=1S/C19H22N2O6S/c1-14(18(22)20(2)16-8-6-5-7-9-16)27-19(23)15-10-12-17(13-11-15)28(24,25)21(3)26-4/h5-14H,1-4H3/t14-/m0/s1. The Balaban J connectivity index is 2.07. The number of hydrogen-bond acceptors (Lipinski definition) is 6. The van der Waals surface area contributed by atoms with Gasteiger partial charge in [-0.3, -0.25) is 9.63 Å². The van der Waals surface area contributed by atoms with Gasteiger partial charge in [-0.1, -0.05) is 22.7 Å². The molecule has 1 atom stereocenters. The third-order valence-corrected chi connectivity index (χ3v) is 5.78. The first kappa shape index (κ1) is 21.5. The number of sulfonamides is 1. The molecule has 0 unspecified atom stereocenters. The van der Waals surface area contributed by atoms with E-state index in [9.17, 15) is 18.0 Å². The number of carbonyl (C=O) groups is 2. The van der Waals surface area contributed by atoms with Crippen LogP contribution in [0.2, 0.25) is 0 Å². The Morgan fingerprint density at radius 1 is 0.964 bits per heavy atom. The van der Waals surface area contributed by atoms with E-state index in [0.29, 0.717) is 10.2 Å². The maximum Gasteiger partial charge on any atom is 0.338 e. The van der Waals surface area contributed by atoms with E-state index in [1.165, 1.54) is 50.2 Å². The molecule has 28 heavy (non-hydrogen) atoms. The molecule has 2 aromatic rings. The summed E-state index contributed by atoms with van der Waals surface area (Å²) in [6, 6.07) is 14.1. The van der Waals surface area contributed by atoms with Crippen molar-refractivity contribution in [2.75, 3.05) is 26.1 Å². The van der Waals surface area contributed by atoms with Gasteiger partial charge in [0.15, 0.2) is 6.10 Å². The van der Waals surface area contributed by atoms with Gasteiger partial charge in [-0.2, -0.15) is 0 Å². The Morgan fingerprint density at radius 2 is 1.54 bits per heavy atom. The smallest absolute Gasteiger partial charge is 0.338 e. The summed E-state index contributed by atoms with van der Waals surface area (Å²) in [7, 11) is 0.268. The van der Waals surface area contributed by atoms with Gasteiger partial charge in [0.1, 0.15) is 0 Å². The van der Waals surface area contributed by atoms with E-state index in [4.69, 9.17) is 9.57 Å². The van der Waals surface area contributed by atoms with E-state index in [1.54, 1.807) is 31.3 Å². The fraction of sp³-hybridized carbons (Fsp3) is 0.263. The summed E-state index contributed by atoms with van der Waals surface area (Å²) < 4.78 is 30.2. The number of anilines is 1. The molecule has 2 aromatic carbocycles. The van der Waals surface area contributed by atoms with Crippen LogP contribution in [0.15, 0.2) is 59.5 Å². The minimum atomic E-state index is -3.81. The molecule has 0 saturated carbocycles. The van der Waals surface area contributed by atoms with Crippen LogP contribution in [0.25, 0.3) is 0 Å². The number of amides is 1. The second kappa shape index (κ2) is 8.96. The first-order chi connectivity index (χ1) is 13.2. The van der Waals surface area contributed by atoms with E-state index in [-0.39, 0.29) is 16.4 Å². The van der Waals surface area contributed by atoms with Crippen LogP contribution in [0.3, 0.4) is 0 Å². The largest absolute Gasteiger partial charge is 0.449 e. The van der Waals surface area contributed by atoms with Crippen molar-refractivity contribution in [3.63, 3.8) is 0 Å². The van der Waals surface area contributed by atoms with Crippen LogP contribution in [-0.2, 0) is 24.4 Å². The number of nitrogens with zero attached hydrogens (tertiary/aromatic N) is 2. The average molecular weight is 406 g/mol. The minimum Gasteiger partial charge on any atom is -0.449 e. The predicted molar refractivity (Wildman–Crippen MR) is 103 cm³/mol. The molecular weight excluding hydrogens is 384 g/mol. The summed E-state index contributed by atoms with van der Waals surface area (Å²) in [5, 5.41) is 0. The molecule has 0 aliphatic rings. The molecule has 0 saturated heterocycles. The normalized spacial score (nSPS) is 12.5. The lowest BCUT2D eigenvalue weighted by atomic mass is 10.2. The van der Waals surface area contributed by atoms with Crippen molar-refractivity contribution in [2.45, 2.75) is 17.9 Å². The van der Waals surface area contributed by atoms with Crippen molar-refractivity contribution in [1.82, 2.24) is 4.47 Å². The van der Waals surface area contributed by atoms with Crippen molar-refractivity contribution in [2.24, 2.45) is 0 Å². The average Bonchev–Trinajstić information content (AvgIpc) is 2.72. The summed E-state index contributed by atoms with van der Waals surface area (Å²) in [4.78, 5) is 30.8. The Hall–Kier alpha value is -2.75. The van der Waals surface area contributed by atoms with Crippen molar-refractivity contribution in [3.8, 4) is 0 Å². The van der Waals surface area contributed by atoms with Crippen molar-refractivity contribution < 1.29 is 27.6 Å². The van der Waals surface area contributed by atoms with Gasteiger partial charge in [-0.15, -0.1) is 0 Å². The number of esters is 1. The number of carbonyl (C=O) groups excluding carboxylic acids is 2. The predicted octanol–water partition coefficient (Wildman–Crippen LogP) is 2.08. The lowest BCUT2D eigenvalue weighted by molar-refractivity contribution is -0.126. The molecule has 1 amide bonds. The van der Waals surface area contributed by atoms with E-state index in [1.807, 2.05) is 6.07 Å². The molecule has 9 heteroatoms. The maximum atomic E-state index is 12.5. The molecule has 0 aliphatic carbocycles. The lowest BCUT2D eigenvalue weighted by Crippen LogP contribution is -2.37. The highest BCUT2D eigenvalue weighted by atomic mass is 32.2. The molecule has 0 fully saturated rings. The molecule has 0 heterocycles. The molecule has 0 aliphatic heterocycles. The van der Waals surface area contributed by atoms with E-state index in [0.717, 1.165) is 0 Å². The lowest BCUT2D eigenvalue weighted by Gasteiger charge is -2.21. The number of hydrogen-bond donors (Lipinski definition) is 0. The van der Waals surface area contributed by atoms with Crippen molar-refractivity contribution >= 4 is 27.6 Å². The SMILES string of the molecule is CON(C)S(=O)(=O)c1ccc(C(=O)O[C@@H](C)C(=O)N(C)c2ccccc2)cc1. The summed E-state index contributed by atoms with van der Waals surface area (Å²) in [5.74, 6) is -1.12. The zero-order valence-corrected chi connectivity index (χ0v) is 16.8. The molecule has 0 N–H and O–H groups in total. The number of ether oxygens (including phenoxy) is 1. The monoisotopic (exact) mass is 406 g/mol. The topological polar surface area (TPSA) is 93.2 Å². The second-order valence-corrected chi connectivity index (χ2v) is 7.84. The van der Waals surface area contributed by atoms with Gasteiger partial charge in [0.25, 0.3) is 15.9 Å². The molecule has 150 valence electrons. The Morgan fingerprint density at radius 3 is 2.07 bits per heavy atom. The zero-order valence-electron chi connectivity index (χ0n) is 16.0. The minimum absolute atomic E-state index is 0.0404. The molecule has 0 radical (unpaired) electrons. The fourth-order valence-electron chi connectivity index (χ4n) is 2.34. The highest BCUT2D eigenvalue weighted by molar-refractivity contribution is 7.89. The quantitative estimate of drug-likeness (QED) is 0.516. The van der Waals surface area contributed by atoms with Gasteiger partial charge in [0, 0.05) is 19.8 Å². The van der Waals surface area contributed by atoms with Crippen LogP contribution < -0.4 is 4.90 Å². The molecule has 0 aromatic heterocycles. The van der Waals surface area contributed by atoms with Gasteiger partial charge in [-0.25, -0.2) is 13.2 Å². The molecule has 8 nitrogen and oxygen atoms in total. The Labute approximate surface area is 164 Å². The number of benzene rings is 2. The zero-order chi connectivity index (χ0) is 20.9. The molecule has 0 bridgehead atoms. The maximum absolute atomic E-state index is 12.5. The van der Waals surface area contributed by atoms with Crippen LogP contribution in [0.1, 0.15) is 17.3 Å². The summed E-state index contributed by atoms with van der Waals surface area (Å²) in [5.41, 5.74) is 0.799. The third kappa shape index (κ3) is 4.75. The van der Waals surface area contributed by atoms with Gasteiger partial charge >= 0.3 is 5.97 Å². The number of para-hydroxylation sites is 1. The highest BCUT2D eigenvalue weighted by Crippen LogP contribution is 2.17. The number of hydroxylamine groups is 1. The van der Waals surface area contributed by atoms with Gasteiger partial charge in [-0.05, 0) is 43.3 Å². The Kier molecular flexibility index (Phi) is 6.90. The van der Waals surface area contributed by atoms with Crippen molar-refractivity contribution in [1.29, 1.82) is 0 Å². The van der Waals surface area contributed by atoms with E-state index in [2.05, 4.69) is 0 Å². The van der Waals surface area contributed by atoms with Crippen LogP contribution in [0, 0.1) is 0 Å². The molecule has 0 spiro atoms. The van der Waals surface area contributed by atoms with Crippen molar-refractivity contribution in [3.05, 3.63) is 60.2 Å². The number of rotatable bonds is 7. The first-order valence-electron chi connectivity index (χ1n) is 8.35. The van der Waals surface area contributed by atoms with Gasteiger partial charge in [0.2, 0.25) is 0 Å². The van der Waals surface area contributed by atoms with E-state index < -0.39 is 22.1 Å². The Bertz CT molecular complexity index is 929. The van der Waals surface area contributed by atoms with Crippen LogP contribution >= 0.6 is 0 Å². The fourth-order valence-corrected chi connectivity index (χ4v) is 3.31. The first-order valence-corrected chi connectivity index (χ1v) is 9.79. The van der Waals surface area contributed by atoms with Gasteiger partial charge < -0.3 is 9.64 Å². The molecular formula is C19H22N2O6S. The van der Waals surface area contributed by atoms with E-state index >= 15 is 0 Å². The summed E-state index contributed by atoms with van der Waals surface area (Å²) >= 11 is 0. The summed E-state index contributed by atoms with van der Waals surface area (Å²) in [6.45, 7) is 1.48. The van der Waals surface area contributed by atoms with Crippen LogP contribution in [-0.4, -0.2) is 52.1 Å². The van der Waals surface area contributed by atoms with Crippen LogP contribution in [0.4, 0.5) is 5.69 Å². The second-order valence-electron chi connectivity index (χ2n) is 5.90. The number of likely N-dealkylation sites (N-methyl/N-ethyl adjacent to an activating group) is 1. The highest BCUT2D eigenvalue weighted by Gasteiger charge is 2.24. The molecule has 2 rings (SSSR count). The summed E-state index contributed by atoms with van der Waals surface area (Å²) in [6.07, 6.45) is -1.01.